The largest absolute Gasteiger partial charge is 0.453 e. The molecule has 5 rings (SSSR count). The topological polar surface area (TPSA) is 20.7 Å². The maximum atomic E-state index is 7.67. The Bertz CT molecular complexity index is 1440. The van der Waals surface area contributed by atoms with Crippen LogP contribution in [0.1, 0.15) is 25.0 Å². The highest BCUT2D eigenvalue weighted by Gasteiger charge is 2.35. The van der Waals surface area contributed by atoms with Crippen molar-refractivity contribution in [3.8, 4) is 22.8 Å². The Hall–Kier alpha value is -3.58. The third-order valence-corrected chi connectivity index (χ3v) is 6.49. The first-order chi connectivity index (χ1) is 14.7. The molecule has 0 atom stereocenters. The number of nitrogens with zero attached hydrogens (tertiary/aromatic N) is 3. The molecule has 0 bridgehead atoms. The van der Waals surface area contributed by atoms with Crippen molar-refractivity contribution < 1.29 is 9.30 Å². The summed E-state index contributed by atoms with van der Waals surface area (Å²) in [6.45, 7) is 13.8. The predicted molar refractivity (Wildman–Crippen MR) is 127 cm³/mol. The smallest absolute Gasteiger partial charge is 0.252 e. The number of aryl methyl sites for hydroxylation is 2. The fraction of sp³-hybridized carbons (Fsp3) is 0.259. The molecule has 0 amide bonds. The van der Waals surface area contributed by atoms with Crippen LogP contribution >= 0.6 is 0 Å². The van der Waals surface area contributed by atoms with Gasteiger partial charge in [0.25, 0.3) is 5.54 Å². The number of anilines is 1. The molecule has 0 saturated carbocycles. The molecule has 1 aromatic heterocycles. The van der Waals surface area contributed by atoms with Crippen LogP contribution in [0, 0.1) is 13.5 Å². The second-order valence-electron chi connectivity index (χ2n) is 9.10. The monoisotopic (exact) mass is 408 g/mol. The summed E-state index contributed by atoms with van der Waals surface area (Å²) < 4.78 is 8.90. The second-order valence-corrected chi connectivity index (χ2v) is 9.10. The number of fused-ring (bicyclic) bond motifs is 3. The lowest BCUT2D eigenvalue weighted by atomic mass is 9.88. The third-order valence-electron chi connectivity index (χ3n) is 6.49. The highest BCUT2D eigenvalue weighted by atomic mass is 16.5. The molecule has 0 spiro atoms. The molecule has 3 aromatic carbocycles. The van der Waals surface area contributed by atoms with Gasteiger partial charge in [-0.3, -0.25) is 0 Å². The SMILES string of the molecule is [C-]#[N+]C(C)(C)c1cc2c3c([n+](C)ccc3c1)-c1c(c(N(C)C)c3ccccc3c1C)O2. The first-order valence-electron chi connectivity index (χ1n) is 10.5. The van der Waals surface area contributed by atoms with E-state index in [0.717, 1.165) is 44.8 Å². The van der Waals surface area contributed by atoms with Gasteiger partial charge in [0.05, 0.1) is 16.6 Å². The van der Waals surface area contributed by atoms with Crippen LogP contribution in [0.25, 0.3) is 37.6 Å². The first kappa shape index (κ1) is 19.4. The van der Waals surface area contributed by atoms with Crippen molar-refractivity contribution in [3.05, 3.63) is 71.2 Å². The molecular weight excluding hydrogens is 382 g/mol. The van der Waals surface area contributed by atoms with Gasteiger partial charge in [0.15, 0.2) is 11.9 Å². The Morgan fingerprint density at radius 3 is 2.45 bits per heavy atom. The standard InChI is InChI=1S/C27H26N3O/c1-16-19-10-8-9-11-20(19)24(29(5)6)26-22(16)25-23-17(12-13-30(25)7)14-18(15-21(23)31-26)27(2,3)28-4/h8-15H,1-3,5-7H3/q+1. The van der Waals surface area contributed by atoms with Gasteiger partial charge in [-0.25, -0.2) is 11.1 Å². The first-order valence-corrected chi connectivity index (χ1v) is 10.5. The van der Waals surface area contributed by atoms with Crippen LogP contribution in [-0.2, 0) is 12.6 Å². The van der Waals surface area contributed by atoms with Crippen molar-refractivity contribution in [1.29, 1.82) is 0 Å². The van der Waals surface area contributed by atoms with Crippen LogP contribution < -0.4 is 14.2 Å². The quantitative estimate of drug-likeness (QED) is 0.259. The van der Waals surface area contributed by atoms with Gasteiger partial charge in [-0.2, -0.15) is 0 Å². The van der Waals surface area contributed by atoms with Crippen molar-refractivity contribution in [2.75, 3.05) is 19.0 Å². The minimum absolute atomic E-state index is 0.615. The molecule has 4 heteroatoms. The number of benzene rings is 3. The Morgan fingerprint density at radius 1 is 1.06 bits per heavy atom. The molecule has 0 unspecified atom stereocenters. The zero-order valence-electron chi connectivity index (χ0n) is 18.9. The molecule has 31 heavy (non-hydrogen) atoms. The molecule has 1 aliphatic heterocycles. The van der Waals surface area contributed by atoms with E-state index in [1.165, 1.54) is 16.3 Å². The number of ether oxygens (including phenoxy) is 1. The molecule has 0 N–H and O–H groups in total. The van der Waals surface area contributed by atoms with E-state index in [1.54, 1.807) is 0 Å². The highest BCUT2D eigenvalue weighted by Crippen LogP contribution is 2.53. The maximum Gasteiger partial charge on any atom is 0.252 e. The second kappa shape index (κ2) is 6.46. The van der Waals surface area contributed by atoms with Crippen molar-refractivity contribution in [2.45, 2.75) is 26.3 Å². The van der Waals surface area contributed by atoms with Gasteiger partial charge in [-0.05, 0) is 35.4 Å². The fourth-order valence-corrected chi connectivity index (χ4v) is 4.77. The Balaban J connectivity index is 1.98. The van der Waals surface area contributed by atoms with Crippen LogP contribution in [0.3, 0.4) is 0 Å². The lowest BCUT2D eigenvalue weighted by Crippen LogP contribution is -2.32. The molecule has 0 fully saturated rings. The van der Waals surface area contributed by atoms with Crippen molar-refractivity contribution in [1.82, 2.24) is 0 Å². The third kappa shape index (κ3) is 2.63. The summed E-state index contributed by atoms with van der Waals surface area (Å²) in [6.07, 6.45) is 2.11. The Kier molecular flexibility index (Phi) is 4.04. The molecule has 0 radical (unpaired) electrons. The van der Waals surface area contributed by atoms with Crippen molar-refractivity contribution in [3.63, 3.8) is 0 Å². The van der Waals surface area contributed by atoms with Gasteiger partial charge in [-0.1, -0.05) is 24.3 Å². The van der Waals surface area contributed by atoms with Crippen LogP contribution in [0.15, 0.2) is 48.7 Å². The average molecular weight is 409 g/mol. The van der Waals surface area contributed by atoms with E-state index in [9.17, 15) is 0 Å². The molecule has 2 heterocycles. The van der Waals surface area contributed by atoms with E-state index in [-0.39, 0.29) is 0 Å². The lowest BCUT2D eigenvalue weighted by molar-refractivity contribution is -0.659. The molecule has 154 valence electrons. The molecule has 0 aliphatic carbocycles. The van der Waals surface area contributed by atoms with Crippen LogP contribution in [0.4, 0.5) is 5.69 Å². The van der Waals surface area contributed by atoms with Crippen molar-refractivity contribution >= 4 is 27.2 Å². The number of aromatic nitrogens is 1. The summed E-state index contributed by atoms with van der Waals surface area (Å²) in [5, 5.41) is 4.62. The maximum absolute atomic E-state index is 7.67. The average Bonchev–Trinajstić information content (AvgIpc) is 2.75. The summed E-state index contributed by atoms with van der Waals surface area (Å²) in [6, 6.07) is 14.8. The van der Waals surface area contributed by atoms with E-state index in [4.69, 9.17) is 11.3 Å². The van der Waals surface area contributed by atoms with E-state index < -0.39 is 5.54 Å². The van der Waals surface area contributed by atoms with Gasteiger partial charge >= 0.3 is 0 Å². The van der Waals surface area contributed by atoms with E-state index >= 15 is 0 Å². The Morgan fingerprint density at radius 2 is 1.77 bits per heavy atom. The minimum atomic E-state index is -0.615. The molecule has 4 nitrogen and oxygen atoms in total. The van der Waals surface area contributed by atoms with E-state index in [0.29, 0.717) is 0 Å². The summed E-state index contributed by atoms with van der Waals surface area (Å²) in [5.74, 6) is 1.70. The molecule has 1 aliphatic rings. The molecular formula is C27H26N3O+. The van der Waals surface area contributed by atoms with Crippen molar-refractivity contribution in [2.24, 2.45) is 7.05 Å². The van der Waals surface area contributed by atoms with E-state index in [2.05, 4.69) is 91.0 Å². The van der Waals surface area contributed by atoms with Crippen LogP contribution in [-0.4, -0.2) is 14.1 Å². The van der Waals surface area contributed by atoms with Crippen LogP contribution in [0.2, 0.25) is 0 Å². The summed E-state index contributed by atoms with van der Waals surface area (Å²) in [7, 11) is 6.22. The predicted octanol–water partition coefficient (Wildman–Crippen LogP) is 6.12. The molecule has 4 aromatic rings. The summed E-state index contributed by atoms with van der Waals surface area (Å²) >= 11 is 0. The highest BCUT2D eigenvalue weighted by molar-refractivity contribution is 6.10. The Labute approximate surface area is 183 Å². The van der Waals surface area contributed by atoms with Gasteiger partial charge in [0.2, 0.25) is 5.69 Å². The van der Waals surface area contributed by atoms with E-state index in [1.807, 2.05) is 13.8 Å². The lowest BCUT2D eigenvalue weighted by Gasteiger charge is -2.28. The number of pyridine rings is 1. The van der Waals surface area contributed by atoms with Gasteiger partial charge in [-0.15, -0.1) is 0 Å². The van der Waals surface area contributed by atoms with Gasteiger partial charge < -0.3 is 14.5 Å². The molecule has 0 saturated heterocycles. The van der Waals surface area contributed by atoms with Gasteiger partial charge in [0, 0.05) is 45.0 Å². The van der Waals surface area contributed by atoms with Gasteiger partial charge in [0.1, 0.15) is 12.8 Å². The number of rotatable bonds is 2. The fourth-order valence-electron chi connectivity index (χ4n) is 4.77. The normalized spacial score (nSPS) is 12.4. The number of hydrogen-bond acceptors (Lipinski definition) is 2. The van der Waals surface area contributed by atoms with Crippen LogP contribution in [0.5, 0.6) is 11.5 Å². The zero-order valence-corrected chi connectivity index (χ0v) is 18.9. The summed E-state index contributed by atoms with van der Waals surface area (Å²) in [5.41, 5.74) is 4.95. The summed E-state index contributed by atoms with van der Waals surface area (Å²) in [4.78, 5) is 5.99. The minimum Gasteiger partial charge on any atom is -0.453 e. The number of hydrogen-bond donors (Lipinski definition) is 0. The zero-order chi connectivity index (χ0) is 22.1.